The summed E-state index contributed by atoms with van der Waals surface area (Å²) in [5.41, 5.74) is 9.64. The highest BCUT2D eigenvalue weighted by Gasteiger charge is 2.27. The Morgan fingerprint density at radius 3 is 2.57 bits per heavy atom. The summed E-state index contributed by atoms with van der Waals surface area (Å²) < 4.78 is 0. The van der Waals surface area contributed by atoms with Crippen molar-refractivity contribution in [3.63, 3.8) is 0 Å². The van der Waals surface area contributed by atoms with E-state index in [-0.39, 0.29) is 0 Å². The monoisotopic (exact) mass is 370 g/mol. The molecule has 2 aromatic carbocycles. The van der Waals surface area contributed by atoms with Crippen LogP contribution in [0.25, 0.3) is 5.57 Å². The molecule has 0 radical (unpaired) electrons. The van der Waals surface area contributed by atoms with Gasteiger partial charge in [-0.2, -0.15) is 0 Å². The van der Waals surface area contributed by atoms with Crippen molar-refractivity contribution in [2.45, 2.75) is 77.0 Å². The van der Waals surface area contributed by atoms with E-state index in [2.05, 4.69) is 55.5 Å². The average molecular weight is 371 g/mol. The van der Waals surface area contributed by atoms with Crippen LogP contribution in [0.5, 0.6) is 0 Å². The molecule has 0 N–H and O–H groups in total. The molecule has 1 saturated carbocycles. The van der Waals surface area contributed by atoms with Crippen LogP contribution < -0.4 is 0 Å². The molecule has 0 amide bonds. The van der Waals surface area contributed by atoms with Crippen molar-refractivity contribution in [2.75, 3.05) is 0 Å². The molecule has 0 nitrogen and oxygen atoms in total. The second-order valence-electron chi connectivity index (χ2n) is 9.39. The van der Waals surface area contributed by atoms with Gasteiger partial charge in [0.25, 0.3) is 0 Å². The van der Waals surface area contributed by atoms with Gasteiger partial charge in [-0.1, -0.05) is 74.7 Å². The topological polar surface area (TPSA) is 0 Å². The van der Waals surface area contributed by atoms with Gasteiger partial charge < -0.3 is 0 Å². The predicted molar refractivity (Wildman–Crippen MR) is 120 cm³/mol. The van der Waals surface area contributed by atoms with E-state index in [1.165, 1.54) is 64.2 Å². The Hall–Kier alpha value is -1.82. The molecule has 0 saturated heterocycles. The molecular weight excluding hydrogens is 336 g/mol. The van der Waals surface area contributed by atoms with Crippen LogP contribution in [-0.2, 0) is 12.8 Å². The molecule has 0 aromatic heterocycles. The molecule has 0 aliphatic heterocycles. The molecule has 146 valence electrons. The highest BCUT2D eigenvalue weighted by Crippen LogP contribution is 2.43. The molecule has 2 atom stereocenters. The number of benzene rings is 2. The number of aryl methyl sites for hydroxylation is 1. The Labute approximate surface area is 171 Å². The van der Waals surface area contributed by atoms with E-state index in [1.54, 1.807) is 33.4 Å². The van der Waals surface area contributed by atoms with Gasteiger partial charge in [-0.3, -0.25) is 0 Å². The van der Waals surface area contributed by atoms with Crippen LogP contribution in [0.4, 0.5) is 0 Å². The standard InChI is InChI=1S/C28H34/c1-2-20-17-24-19-23(26-14-8-12-21-11-6-7-13-25(21)26)15-16-27(24)28(18-20)22-9-4-3-5-10-22/h6-7,11,13,15-16,18-20,22,26H,2-5,8-10,12,14,17H2,1H3/t20?,26-/m0/s1. The summed E-state index contributed by atoms with van der Waals surface area (Å²) >= 11 is 0. The molecular formula is C28H34. The third kappa shape index (κ3) is 3.36. The highest BCUT2D eigenvalue weighted by atomic mass is 14.3. The molecule has 0 heterocycles. The van der Waals surface area contributed by atoms with Crippen molar-refractivity contribution in [1.82, 2.24) is 0 Å². The summed E-state index contributed by atoms with van der Waals surface area (Å²) in [7, 11) is 0. The molecule has 3 aliphatic carbocycles. The molecule has 28 heavy (non-hydrogen) atoms. The van der Waals surface area contributed by atoms with Gasteiger partial charge in [0.1, 0.15) is 0 Å². The zero-order valence-electron chi connectivity index (χ0n) is 17.4. The van der Waals surface area contributed by atoms with Crippen LogP contribution in [0.15, 0.2) is 48.5 Å². The molecule has 0 spiro atoms. The molecule has 1 unspecified atom stereocenters. The van der Waals surface area contributed by atoms with Crippen LogP contribution in [0.2, 0.25) is 0 Å². The maximum atomic E-state index is 2.66. The Kier molecular flexibility index (Phi) is 5.14. The van der Waals surface area contributed by atoms with Crippen LogP contribution in [0.3, 0.4) is 0 Å². The quantitative estimate of drug-likeness (QED) is 0.519. The van der Waals surface area contributed by atoms with Gasteiger partial charge in [-0.05, 0) is 90.2 Å². The minimum absolute atomic E-state index is 0.597. The van der Waals surface area contributed by atoms with E-state index in [4.69, 9.17) is 0 Å². The minimum atomic E-state index is 0.597. The summed E-state index contributed by atoms with van der Waals surface area (Å²) in [6.07, 6.45) is 16.1. The van der Waals surface area contributed by atoms with E-state index in [1.807, 2.05) is 0 Å². The molecule has 1 fully saturated rings. The van der Waals surface area contributed by atoms with E-state index in [0.29, 0.717) is 5.92 Å². The average Bonchev–Trinajstić information content (AvgIpc) is 2.78. The van der Waals surface area contributed by atoms with E-state index < -0.39 is 0 Å². The Morgan fingerprint density at radius 1 is 0.857 bits per heavy atom. The molecule has 0 heteroatoms. The summed E-state index contributed by atoms with van der Waals surface area (Å²) in [6.45, 7) is 2.37. The van der Waals surface area contributed by atoms with Gasteiger partial charge in [0.2, 0.25) is 0 Å². The number of allylic oxidation sites excluding steroid dienone is 2. The first-order valence-electron chi connectivity index (χ1n) is 11.8. The number of hydrogen-bond donors (Lipinski definition) is 0. The molecule has 0 bridgehead atoms. The fourth-order valence-corrected chi connectivity index (χ4v) is 6.10. The second-order valence-corrected chi connectivity index (χ2v) is 9.39. The lowest BCUT2D eigenvalue weighted by molar-refractivity contribution is 0.425. The maximum absolute atomic E-state index is 2.66. The van der Waals surface area contributed by atoms with Crippen molar-refractivity contribution in [3.05, 3.63) is 76.4 Å². The van der Waals surface area contributed by atoms with Gasteiger partial charge >= 0.3 is 0 Å². The van der Waals surface area contributed by atoms with E-state index in [0.717, 1.165) is 11.8 Å². The first kappa shape index (κ1) is 18.2. The van der Waals surface area contributed by atoms with Gasteiger partial charge in [0.15, 0.2) is 0 Å². The first-order valence-corrected chi connectivity index (χ1v) is 11.8. The molecule has 2 aromatic rings. The Bertz CT molecular complexity index is 865. The van der Waals surface area contributed by atoms with E-state index in [9.17, 15) is 0 Å². The maximum Gasteiger partial charge on any atom is 0.00922 e. The predicted octanol–water partition coefficient (Wildman–Crippen LogP) is 7.70. The Balaban J connectivity index is 1.51. The summed E-state index contributed by atoms with van der Waals surface area (Å²) in [5.74, 6) is 2.14. The van der Waals surface area contributed by atoms with Gasteiger partial charge in [-0.25, -0.2) is 0 Å². The van der Waals surface area contributed by atoms with Gasteiger partial charge in [0, 0.05) is 5.92 Å². The molecule has 5 rings (SSSR count). The zero-order valence-corrected chi connectivity index (χ0v) is 17.4. The van der Waals surface area contributed by atoms with Gasteiger partial charge in [-0.15, -0.1) is 0 Å². The van der Waals surface area contributed by atoms with Crippen LogP contribution in [-0.4, -0.2) is 0 Å². The lowest BCUT2D eigenvalue weighted by Crippen LogP contribution is -2.17. The summed E-state index contributed by atoms with van der Waals surface area (Å²) in [4.78, 5) is 0. The summed E-state index contributed by atoms with van der Waals surface area (Å²) in [5, 5.41) is 0. The van der Waals surface area contributed by atoms with Crippen molar-refractivity contribution in [1.29, 1.82) is 0 Å². The zero-order chi connectivity index (χ0) is 18.9. The largest absolute Gasteiger partial charge is 0.0770 e. The summed E-state index contributed by atoms with van der Waals surface area (Å²) in [6, 6.07) is 16.7. The van der Waals surface area contributed by atoms with E-state index >= 15 is 0 Å². The number of rotatable bonds is 3. The Morgan fingerprint density at radius 2 is 1.71 bits per heavy atom. The third-order valence-corrected chi connectivity index (χ3v) is 7.68. The van der Waals surface area contributed by atoms with Crippen molar-refractivity contribution >= 4 is 5.57 Å². The highest BCUT2D eigenvalue weighted by molar-refractivity contribution is 5.73. The smallest absolute Gasteiger partial charge is 0.00922 e. The third-order valence-electron chi connectivity index (χ3n) is 7.68. The SMILES string of the molecule is CCC1C=C(C2CCCCC2)c2ccc([C@@H]3CCCc4ccccc43)cc2C1. The van der Waals surface area contributed by atoms with Crippen molar-refractivity contribution in [2.24, 2.45) is 11.8 Å². The van der Waals surface area contributed by atoms with Crippen LogP contribution >= 0.6 is 0 Å². The molecule has 3 aliphatic rings. The minimum Gasteiger partial charge on any atom is -0.0770 e. The number of fused-ring (bicyclic) bond motifs is 2. The fraction of sp³-hybridized carbons (Fsp3) is 0.500. The lowest BCUT2D eigenvalue weighted by atomic mass is 9.72. The fourth-order valence-electron chi connectivity index (χ4n) is 6.10. The van der Waals surface area contributed by atoms with Crippen LogP contribution in [0.1, 0.15) is 92.0 Å². The second kappa shape index (κ2) is 7.90. The van der Waals surface area contributed by atoms with Gasteiger partial charge in [0.05, 0.1) is 0 Å². The number of hydrogen-bond acceptors (Lipinski definition) is 0. The van der Waals surface area contributed by atoms with Crippen molar-refractivity contribution < 1.29 is 0 Å². The first-order chi connectivity index (χ1) is 13.8. The lowest BCUT2D eigenvalue weighted by Gasteiger charge is -2.32. The normalized spacial score (nSPS) is 25.0. The van der Waals surface area contributed by atoms with Crippen LogP contribution in [0, 0.1) is 11.8 Å². The van der Waals surface area contributed by atoms with Crippen molar-refractivity contribution in [3.8, 4) is 0 Å².